The van der Waals surface area contributed by atoms with Crippen LogP contribution in [0.4, 0.5) is 0 Å². The van der Waals surface area contributed by atoms with Crippen LogP contribution in [0.3, 0.4) is 0 Å². The van der Waals surface area contributed by atoms with Gasteiger partial charge in [-0.15, -0.1) is 11.8 Å². The molecule has 0 heterocycles. The molecule has 0 amide bonds. The molecule has 2 N–H and O–H groups in total. The van der Waals surface area contributed by atoms with Crippen LogP contribution in [0.5, 0.6) is 0 Å². The fourth-order valence-electron chi connectivity index (χ4n) is 1.61. The van der Waals surface area contributed by atoms with E-state index in [0.29, 0.717) is 0 Å². The van der Waals surface area contributed by atoms with Crippen LogP contribution < -0.4 is 5.32 Å². The quantitative estimate of drug-likeness (QED) is 0.579. The number of aryl methyl sites for hydroxylation is 1. The molecule has 0 fully saturated rings. The lowest BCUT2D eigenvalue weighted by Gasteiger charge is -2.11. The second-order valence-electron chi connectivity index (χ2n) is 4.38. The zero-order chi connectivity index (χ0) is 12.7. The summed E-state index contributed by atoms with van der Waals surface area (Å²) in [4.78, 5) is 1.24. The number of hydrogen-bond donors (Lipinski definition) is 2. The van der Waals surface area contributed by atoms with Gasteiger partial charge in [-0.2, -0.15) is 0 Å². The van der Waals surface area contributed by atoms with Gasteiger partial charge >= 0.3 is 0 Å². The van der Waals surface area contributed by atoms with Gasteiger partial charge in [-0.05, 0) is 43.1 Å². The number of benzene rings is 1. The van der Waals surface area contributed by atoms with Crippen molar-refractivity contribution in [2.24, 2.45) is 0 Å². The Kier molecular flexibility index (Phi) is 6.63. The maximum Gasteiger partial charge on any atom is 0.0550 e. The Bertz CT molecular complexity index is 341. The summed E-state index contributed by atoms with van der Waals surface area (Å²) in [7, 11) is 0. The summed E-state index contributed by atoms with van der Waals surface area (Å²) in [6.07, 6.45) is 1.17. The Hall–Kier alpha value is -0.510. The average molecular weight is 253 g/mol. The number of rotatable bonds is 7. The van der Waals surface area contributed by atoms with Crippen LogP contribution in [0, 0.1) is 6.92 Å². The molecule has 1 rings (SSSR count). The summed E-state index contributed by atoms with van der Waals surface area (Å²) in [5, 5.41) is 12.7. The number of thioether (sulfide) groups is 1. The van der Waals surface area contributed by atoms with E-state index >= 15 is 0 Å². The van der Waals surface area contributed by atoms with Crippen LogP contribution in [0.1, 0.15) is 31.4 Å². The molecule has 0 bridgehead atoms. The zero-order valence-electron chi connectivity index (χ0n) is 11.0. The molecule has 17 heavy (non-hydrogen) atoms. The maximum absolute atomic E-state index is 9.03. The largest absolute Gasteiger partial charge is 0.395 e. The Morgan fingerprint density at radius 2 is 2.18 bits per heavy atom. The lowest BCUT2D eigenvalue weighted by Crippen LogP contribution is -2.14. The number of nitrogens with one attached hydrogen (secondary N) is 1. The Morgan fingerprint density at radius 1 is 1.41 bits per heavy atom. The molecule has 0 aliphatic carbocycles. The van der Waals surface area contributed by atoms with Crippen molar-refractivity contribution in [1.29, 1.82) is 0 Å². The Labute approximate surface area is 109 Å². The summed E-state index contributed by atoms with van der Waals surface area (Å²) in [5.74, 6) is 0. The molecule has 3 heteroatoms. The molecule has 0 aromatic heterocycles. The topological polar surface area (TPSA) is 32.3 Å². The maximum atomic E-state index is 9.03. The third-order valence-corrected chi connectivity index (χ3v) is 3.73. The minimum Gasteiger partial charge on any atom is -0.395 e. The van der Waals surface area contributed by atoms with Gasteiger partial charge in [0.1, 0.15) is 0 Å². The predicted octanol–water partition coefficient (Wildman–Crippen LogP) is 2.97. The summed E-state index contributed by atoms with van der Waals surface area (Å²) >= 11 is 1.72. The van der Waals surface area contributed by atoms with E-state index < -0.39 is 0 Å². The van der Waals surface area contributed by atoms with Crippen molar-refractivity contribution < 1.29 is 5.11 Å². The molecule has 0 saturated heterocycles. The third-order valence-electron chi connectivity index (χ3n) is 2.65. The molecule has 0 aliphatic rings. The standard InChI is InChI=1S/C14H23NOS/c1-4-7-15-9-13-5-6-14(8-11(13)2)17-12(3)10-16/h5-6,8,12,15-16H,4,7,9-10H2,1-3H3. The summed E-state index contributed by atoms with van der Waals surface area (Å²) in [6.45, 7) is 8.60. The molecule has 96 valence electrons. The highest BCUT2D eigenvalue weighted by atomic mass is 32.2. The van der Waals surface area contributed by atoms with Crippen molar-refractivity contribution in [3.05, 3.63) is 29.3 Å². The normalized spacial score (nSPS) is 12.7. The average Bonchev–Trinajstić information content (AvgIpc) is 2.32. The van der Waals surface area contributed by atoms with E-state index in [2.05, 4.69) is 37.4 Å². The molecular weight excluding hydrogens is 230 g/mol. The molecule has 0 aliphatic heterocycles. The van der Waals surface area contributed by atoms with Gasteiger partial charge in [-0.25, -0.2) is 0 Å². The first-order chi connectivity index (χ1) is 8.17. The SMILES string of the molecule is CCCNCc1ccc(SC(C)CO)cc1C. The lowest BCUT2D eigenvalue weighted by atomic mass is 10.1. The van der Waals surface area contributed by atoms with Crippen molar-refractivity contribution in [3.8, 4) is 0 Å². The molecule has 2 nitrogen and oxygen atoms in total. The van der Waals surface area contributed by atoms with Gasteiger partial charge < -0.3 is 10.4 Å². The van der Waals surface area contributed by atoms with Crippen molar-refractivity contribution in [3.63, 3.8) is 0 Å². The monoisotopic (exact) mass is 253 g/mol. The van der Waals surface area contributed by atoms with Gasteiger partial charge in [0, 0.05) is 16.7 Å². The van der Waals surface area contributed by atoms with Crippen LogP contribution in [0.25, 0.3) is 0 Å². The first-order valence-electron chi connectivity index (χ1n) is 6.25. The highest BCUT2D eigenvalue weighted by Crippen LogP contribution is 2.25. The Morgan fingerprint density at radius 3 is 2.76 bits per heavy atom. The second-order valence-corrected chi connectivity index (χ2v) is 5.89. The molecule has 1 atom stereocenters. The first-order valence-corrected chi connectivity index (χ1v) is 7.13. The van der Waals surface area contributed by atoms with Crippen molar-refractivity contribution in [2.45, 2.75) is 43.9 Å². The van der Waals surface area contributed by atoms with Gasteiger partial charge in [0.2, 0.25) is 0 Å². The van der Waals surface area contributed by atoms with E-state index in [4.69, 9.17) is 5.11 Å². The summed E-state index contributed by atoms with van der Waals surface area (Å²) < 4.78 is 0. The number of hydrogen-bond acceptors (Lipinski definition) is 3. The minimum atomic E-state index is 0.226. The van der Waals surface area contributed by atoms with E-state index in [-0.39, 0.29) is 11.9 Å². The van der Waals surface area contributed by atoms with E-state index in [1.54, 1.807) is 11.8 Å². The zero-order valence-corrected chi connectivity index (χ0v) is 11.8. The highest BCUT2D eigenvalue weighted by molar-refractivity contribution is 8.00. The van der Waals surface area contributed by atoms with E-state index in [1.165, 1.54) is 22.4 Å². The summed E-state index contributed by atoms with van der Waals surface area (Å²) in [5.41, 5.74) is 2.68. The van der Waals surface area contributed by atoms with Gasteiger partial charge in [0.05, 0.1) is 6.61 Å². The lowest BCUT2D eigenvalue weighted by molar-refractivity contribution is 0.300. The van der Waals surface area contributed by atoms with Crippen molar-refractivity contribution in [1.82, 2.24) is 5.32 Å². The minimum absolute atomic E-state index is 0.226. The predicted molar refractivity (Wildman–Crippen MR) is 75.6 cm³/mol. The van der Waals surface area contributed by atoms with Gasteiger partial charge in [0.25, 0.3) is 0 Å². The Balaban J connectivity index is 2.59. The molecule has 0 spiro atoms. The molecule has 0 saturated carbocycles. The van der Waals surface area contributed by atoms with Crippen molar-refractivity contribution in [2.75, 3.05) is 13.2 Å². The van der Waals surface area contributed by atoms with Gasteiger partial charge in [-0.1, -0.05) is 19.9 Å². The van der Waals surface area contributed by atoms with Crippen LogP contribution in [0.2, 0.25) is 0 Å². The van der Waals surface area contributed by atoms with E-state index in [1.807, 2.05) is 6.92 Å². The fourth-order valence-corrected chi connectivity index (χ4v) is 2.54. The molecule has 1 aromatic carbocycles. The van der Waals surface area contributed by atoms with Crippen LogP contribution in [-0.4, -0.2) is 23.5 Å². The van der Waals surface area contributed by atoms with E-state index in [0.717, 1.165) is 13.1 Å². The van der Waals surface area contributed by atoms with E-state index in [9.17, 15) is 0 Å². The first kappa shape index (κ1) is 14.6. The highest BCUT2D eigenvalue weighted by Gasteiger charge is 2.04. The summed E-state index contributed by atoms with van der Waals surface area (Å²) in [6, 6.07) is 6.54. The second kappa shape index (κ2) is 7.75. The van der Waals surface area contributed by atoms with Crippen LogP contribution in [-0.2, 0) is 6.54 Å². The molecule has 1 unspecified atom stereocenters. The van der Waals surface area contributed by atoms with Crippen LogP contribution in [0.15, 0.2) is 23.1 Å². The van der Waals surface area contributed by atoms with Gasteiger partial charge in [0.15, 0.2) is 0 Å². The fraction of sp³-hybridized carbons (Fsp3) is 0.571. The molecular formula is C14H23NOS. The van der Waals surface area contributed by atoms with Crippen molar-refractivity contribution >= 4 is 11.8 Å². The number of aliphatic hydroxyl groups is 1. The molecule has 1 aromatic rings. The smallest absolute Gasteiger partial charge is 0.0550 e. The molecule has 0 radical (unpaired) electrons. The van der Waals surface area contributed by atoms with Gasteiger partial charge in [-0.3, -0.25) is 0 Å². The van der Waals surface area contributed by atoms with Crippen LogP contribution >= 0.6 is 11.8 Å². The third kappa shape index (κ3) is 5.11. The number of aliphatic hydroxyl groups excluding tert-OH is 1.